The maximum Gasteiger partial charge on any atom is 0.251 e. The Kier molecular flexibility index (Phi) is 5.75. The number of nitrogens with zero attached hydrogens (tertiary/aromatic N) is 3. The molecule has 6 heteroatoms. The minimum absolute atomic E-state index is 0.109. The van der Waals surface area contributed by atoms with Crippen molar-refractivity contribution in [1.82, 2.24) is 20.3 Å². The summed E-state index contributed by atoms with van der Waals surface area (Å²) in [7, 11) is 0. The van der Waals surface area contributed by atoms with Crippen molar-refractivity contribution >= 4 is 5.91 Å². The van der Waals surface area contributed by atoms with Gasteiger partial charge < -0.3 is 10.1 Å². The second kappa shape index (κ2) is 8.04. The first-order chi connectivity index (χ1) is 10.3. The highest BCUT2D eigenvalue weighted by Crippen LogP contribution is 2.12. The Labute approximate surface area is 124 Å². The molecule has 2 rings (SSSR count). The summed E-state index contributed by atoms with van der Waals surface area (Å²) in [5.41, 5.74) is 0.617. The summed E-state index contributed by atoms with van der Waals surface area (Å²) in [6, 6.07) is 7.17. The zero-order valence-electron chi connectivity index (χ0n) is 12.2. The molecule has 0 saturated heterocycles. The first kappa shape index (κ1) is 15.0. The Morgan fingerprint density at radius 2 is 1.95 bits per heavy atom. The molecule has 6 nitrogen and oxygen atoms in total. The van der Waals surface area contributed by atoms with Crippen LogP contribution >= 0.6 is 0 Å². The quantitative estimate of drug-likeness (QED) is 0.753. The molecule has 2 aromatic rings. The SMILES string of the molecule is CCCCOc1ccc(C(=O)NCCn2nccn2)cc1. The van der Waals surface area contributed by atoms with Gasteiger partial charge in [0, 0.05) is 12.1 Å². The lowest BCUT2D eigenvalue weighted by molar-refractivity contribution is 0.0951. The van der Waals surface area contributed by atoms with Gasteiger partial charge in [0.05, 0.1) is 25.5 Å². The minimum atomic E-state index is -0.109. The molecule has 21 heavy (non-hydrogen) atoms. The fourth-order valence-corrected chi connectivity index (χ4v) is 1.77. The zero-order valence-corrected chi connectivity index (χ0v) is 12.2. The lowest BCUT2D eigenvalue weighted by atomic mass is 10.2. The van der Waals surface area contributed by atoms with E-state index >= 15 is 0 Å². The summed E-state index contributed by atoms with van der Waals surface area (Å²) >= 11 is 0. The third-order valence-electron chi connectivity index (χ3n) is 2.95. The summed E-state index contributed by atoms with van der Waals surface area (Å²) in [5, 5.41) is 10.8. The van der Waals surface area contributed by atoms with Gasteiger partial charge >= 0.3 is 0 Å². The molecule has 0 atom stereocenters. The Morgan fingerprint density at radius 3 is 2.62 bits per heavy atom. The van der Waals surface area contributed by atoms with Crippen molar-refractivity contribution in [2.45, 2.75) is 26.3 Å². The van der Waals surface area contributed by atoms with E-state index in [0.29, 0.717) is 25.3 Å². The smallest absolute Gasteiger partial charge is 0.251 e. The second-order valence-corrected chi connectivity index (χ2v) is 4.61. The Hall–Kier alpha value is -2.37. The summed E-state index contributed by atoms with van der Waals surface area (Å²) in [5.74, 6) is 0.683. The van der Waals surface area contributed by atoms with Crippen LogP contribution in [-0.2, 0) is 6.54 Å². The van der Waals surface area contributed by atoms with Gasteiger partial charge in [-0.3, -0.25) is 4.79 Å². The first-order valence-electron chi connectivity index (χ1n) is 7.14. The van der Waals surface area contributed by atoms with Crippen LogP contribution in [0.1, 0.15) is 30.1 Å². The molecule has 1 amide bonds. The van der Waals surface area contributed by atoms with E-state index in [0.717, 1.165) is 18.6 Å². The summed E-state index contributed by atoms with van der Waals surface area (Å²) in [6.45, 7) is 3.87. The summed E-state index contributed by atoms with van der Waals surface area (Å²) in [4.78, 5) is 13.5. The number of aromatic nitrogens is 3. The van der Waals surface area contributed by atoms with E-state index in [-0.39, 0.29) is 5.91 Å². The lowest BCUT2D eigenvalue weighted by Gasteiger charge is -2.07. The van der Waals surface area contributed by atoms with Gasteiger partial charge in [-0.1, -0.05) is 13.3 Å². The van der Waals surface area contributed by atoms with Crippen molar-refractivity contribution in [3.8, 4) is 5.75 Å². The molecule has 0 aliphatic heterocycles. The van der Waals surface area contributed by atoms with Gasteiger partial charge in [-0.25, -0.2) is 0 Å². The first-order valence-corrected chi connectivity index (χ1v) is 7.14. The number of amides is 1. The molecule has 112 valence electrons. The lowest BCUT2D eigenvalue weighted by Crippen LogP contribution is -2.27. The van der Waals surface area contributed by atoms with E-state index < -0.39 is 0 Å². The van der Waals surface area contributed by atoms with Crippen LogP contribution in [0, 0.1) is 0 Å². The second-order valence-electron chi connectivity index (χ2n) is 4.61. The number of nitrogens with one attached hydrogen (secondary N) is 1. The van der Waals surface area contributed by atoms with Crippen molar-refractivity contribution in [3.05, 3.63) is 42.2 Å². The molecule has 0 unspecified atom stereocenters. The molecule has 1 aromatic heterocycles. The van der Waals surface area contributed by atoms with Crippen LogP contribution in [0.3, 0.4) is 0 Å². The molecule has 0 saturated carbocycles. The molecule has 1 N–H and O–H groups in total. The van der Waals surface area contributed by atoms with Gasteiger partial charge in [-0.05, 0) is 30.7 Å². The number of carbonyl (C=O) groups excluding carboxylic acids is 1. The number of rotatable bonds is 8. The molecule has 0 bridgehead atoms. The maximum atomic E-state index is 11.9. The monoisotopic (exact) mass is 288 g/mol. The van der Waals surface area contributed by atoms with E-state index in [1.54, 1.807) is 24.5 Å². The third-order valence-corrected chi connectivity index (χ3v) is 2.95. The van der Waals surface area contributed by atoms with Crippen molar-refractivity contribution in [3.63, 3.8) is 0 Å². The molecule has 0 fully saturated rings. The molecular weight excluding hydrogens is 268 g/mol. The van der Waals surface area contributed by atoms with E-state index in [9.17, 15) is 4.79 Å². The third kappa shape index (κ3) is 4.91. The van der Waals surface area contributed by atoms with Crippen LogP contribution in [0.5, 0.6) is 5.75 Å². The molecule has 0 radical (unpaired) electrons. The topological polar surface area (TPSA) is 69.0 Å². The minimum Gasteiger partial charge on any atom is -0.494 e. The van der Waals surface area contributed by atoms with Gasteiger partial charge in [0.1, 0.15) is 5.75 Å². The Balaban J connectivity index is 1.76. The van der Waals surface area contributed by atoms with Crippen molar-refractivity contribution in [2.75, 3.05) is 13.2 Å². The average Bonchev–Trinajstić information content (AvgIpc) is 3.01. The van der Waals surface area contributed by atoms with Crippen LogP contribution in [-0.4, -0.2) is 34.1 Å². The van der Waals surface area contributed by atoms with Crippen molar-refractivity contribution < 1.29 is 9.53 Å². The standard InChI is InChI=1S/C15H20N4O2/c1-2-3-12-21-14-6-4-13(5-7-14)15(20)16-10-11-19-17-8-9-18-19/h4-9H,2-3,10-12H2,1H3,(H,16,20). The number of hydrogen-bond acceptors (Lipinski definition) is 4. The highest BCUT2D eigenvalue weighted by atomic mass is 16.5. The molecule has 0 aliphatic rings. The van der Waals surface area contributed by atoms with Crippen LogP contribution in [0.4, 0.5) is 0 Å². The molecule has 0 spiro atoms. The van der Waals surface area contributed by atoms with E-state index in [4.69, 9.17) is 4.74 Å². The molecule has 1 heterocycles. The molecule has 1 aromatic carbocycles. The van der Waals surface area contributed by atoms with Crippen LogP contribution in [0.15, 0.2) is 36.7 Å². The van der Waals surface area contributed by atoms with Crippen LogP contribution in [0.2, 0.25) is 0 Å². The predicted molar refractivity (Wildman–Crippen MR) is 79.2 cm³/mol. The number of unbranched alkanes of at least 4 members (excludes halogenated alkanes) is 1. The number of benzene rings is 1. The average molecular weight is 288 g/mol. The Morgan fingerprint density at radius 1 is 1.24 bits per heavy atom. The highest BCUT2D eigenvalue weighted by molar-refractivity contribution is 5.94. The normalized spacial score (nSPS) is 10.3. The fourth-order valence-electron chi connectivity index (χ4n) is 1.77. The van der Waals surface area contributed by atoms with Crippen molar-refractivity contribution in [1.29, 1.82) is 0 Å². The van der Waals surface area contributed by atoms with E-state index in [1.165, 1.54) is 4.80 Å². The van der Waals surface area contributed by atoms with Gasteiger partial charge in [0.2, 0.25) is 0 Å². The van der Waals surface area contributed by atoms with E-state index in [2.05, 4.69) is 22.4 Å². The number of hydrogen-bond donors (Lipinski definition) is 1. The van der Waals surface area contributed by atoms with Crippen LogP contribution in [0.25, 0.3) is 0 Å². The maximum absolute atomic E-state index is 11.9. The summed E-state index contributed by atoms with van der Waals surface area (Å²) < 4.78 is 5.56. The predicted octanol–water partition coefficient (Wildman–Crippen LogP) is 1.89. The van der Waals surface area contributed by atoms with Gasteiger partial charge in [-0.15, -0.1) is 0 Å². The highest BCUT2D eigenvalue weighted by Gasteiger charge is 2.05. The molecular formula is C15H20N4O2. The number of ether oxygens (including phenoxy) is 1. The Bertz CT molecular complexity index is 537. The molecule has 0 aliphatic carbocycles. The summed E-state index contributed by atoms with van der Waals surface area (Å²) in [6.07, 6.45) is 5.35. The van der Waals surface area contributed by atoms with Crippen LogP contribution < -0.4 is 10.1 Å². The number of carbonyl (C=O) groups is 1. The fraction of sp³-hybridized carbons (Fsp3) is 0.400. The zero-order chi connectivity index (χ0) is 14.9. The van der Waals surface area contributed by atoms with Gasteiger partial charge in [0.25, 0.3) is 5.91 Å². The van der Waals surface area contributed by atoms with Gasteiger partial charge in [0.15, 0.2) is 0 Å². The largest absolute Gasteiger partial charge is 0.494 e. The van der Waals surface area contributed by atoms with Gasteiger partial charge in [-0.2, -0.15) is 15.0 Å². The van der Waals surface area contributed by atoms with Crippen molar-refractivity contribution in [2.24, 2.45) is 0 Å². The van der Waals surface area contributed by atoms with E-state index in [1.807, 2.05) is 12.1 Å².